The normalized spacial score (nSPS) is 16.0. The van der Waals surface area contributed by atoms with Crippen molar-refractivity contribution in [3.63, 3.8) is 0 Å². The van der Waals surface area contributed by atoms with Crippen LogP contribution in [0.3, 0.4) is 0 Å². The van der Waals surface area contributed by atoms with Crippen LogP contribution in [0.25, 0.3) is 0 Å². The molecule has 2 unspecified atom stereocenters. The van der Waals surface area contributed by atoms with Crippen molar-refractivity contribution in [2.45, 2.75) is 31.9 Å². The Morgan fingerprint density at radius 3 is 2.33 bits per heavy atom. The fourth-order valence-corrected chi connectivity index (χ4v) is 1.07. The molecular weight excluding hydrogens is 154 g/mol. The number of ether oxygens (including phenoxy) is 2. The lowest BCUT2D eigenvalue weighted by Crippen LogP contribution is -2.30. The molecule has 0 aromatic heterocycles. The van der Waals surface area contributed by atoms with Gasteiger partial charge >= 0.3 is 0 Å². The highest BCUT2D eigenvalue weighted by molar-refractivity contribution is 4.65. The Morgan fingerprint density at radius 2 is 1.92 bits per heavy atom. The highest BCUT2D eigenvalue weighted by Gasteiger charge is 2.07. The number of hydrogen-bond donors (Lipinski definition) is 1. The van der Waals surface area contributed by atoms with Crippen LogP contribution in [0.4, 0.5) is 0 Å². The molecule has 74 valence electrons. The van der Waals surface area contributed by atoms with E-state index in [2.05, 4.69) is 12.2 Å². The zero-order valence-corrected chi connectivity index (χ0v) is 8.59. The van der Waals surface area contributed by atoms with Crippen LogP contribution in [0.1, 0.15) is 19.8 Å². The summed E-state index contributed by atoms with van der Waals surface area (Å²) < 4.78 is 10.2. The molecule has 0 aromatic carbocycles. The number of methoxy groups -OCH3 is 2. The summed E-state index contributed by atoms with van der Waals surface area (Å²) in [6.07, 6.45) is 2.52. The van der Waals surface area contributed by atoms with E-state index in [0.29, 0.717) is 12.1 Å². The molecule has 3 nitrogen and oxygen atoms in total. The van der Waals surface area contributed by atoms with Gasteiger partial charge < -0.3 is 14.8 Å². The van der Waals surface area contributed by atoms with E-state index < -0.39 is 0 Å². The number of hydrogen-bond acceptors (Lipinski definition) is 3. The van der Waals surface area contributed by atoms with Crippen LogP contribution in [-0.4, -0.2) is 40.0 Å². The van der Waals surface area contributed by atoms with Crippen molar-refractivity contribution < 1.29 is 9.47 Å². The Kier molecular flexibility index (Phi) is 7.45. The second-order valence-electron chi connectivity index (χ2n) is 3.06. The molecule has 0 amide bonds. The van der Waals surface area contributed by atoms with Crippen LogP contribution >= 0.6 is 0 Å². The standard InChI is InChI=1S/C9H21NO2/c1-8(12-4)5-6-9(10-2)7-11-3/h8-10H,5-7H2,1-4H3. The largest absolute Gasteiger partial charge is 0.383 e. The maximum Gasteiger partial charge on any atom is 0.0615 e. The van der Waals surface area contributed by atoms with Crippen LogP contribution in [-0.2, 0) is 9.47 Å². The Morgan fingerprint density at radius 1 is 1.25 bits per heavy atom. The lowest BCUT2D eigenvalue weighted by Gasteiger charge is -2.16. The van der Waals surface area contributed by atoms with Gasteiger partial charge in [0.1, 0.15) is 0 Å². The van der Waals surface area contributed by atoms with Gasteiger partial charge in [0.05, 0.1) is 12.7 Å². The number of nitrogens with one attached hydrogen (secondary N) is 1. The van der Waals surface area contributed by atoms with E-state index >= 15 is 0 Å². The minimum atomic E-state index is 0.345. The van der Waals surface area contributed by atoms with Gasteiger partial charge in [-0.25, -0.2) is 0 Å². The first kappa shape index (κ1) is 11.9. The topological polar surface area (TPSA) is 30.5 Å². The van der Waals surface area contributed by atoms with E-state index in [1.54, 1.807) is 14.2 Å². The summed E-state index contributed by atoms with van der Waals surface area (Å²) in [6, 6.07) is 0.451. The van der Waals surface area contributed by atoms with Gasteiger partial charge in [0.15, 0.2) is 0 Å². The Hall–Kier alpha value is -0.120. The third kappa shape index (κ3) is 5.52. The van der Waals surface area contributed by atoms with E-state index in [9.17, 15) is 0 Å². The van der Waals surface area contributed by atoms with E-state index in [1.165, 1.54) is 0 Å². The average molecular weight is 175 g/mol. The van der Waals surface area contributed by atoms with Crippen molar-refractivity contribution in [1.82, 2.24) is 5.32 Å². The molecule has 0 bridgehead atoms. The van der Waals surface area contributed by atoms with Crippen molar-refractivity contribution in [1.29, 1.82) is 0 Å². The molecule has 0 aliphatic heterocycles. The van der Waals surface area contributed by atoms with E-state index in [-0.39, 0.29) is 0 Å². The van der Waals surface area contributed by atoms with Crippen molar-refractivity contribution in [3.8, 4) is 0 Å². The van der Waals surface area contributed by atoms with Crippen molar-refractivity contribution in [3.05, 3.63) is 0 Å². The first-order valence-corrected chi connectivity index (χ1v) is 4.43. The summed E-state index contributed by atoms with van der Waals surface area (Å²) in [7, 11) is 5.43. The molecule has 0 saturated carbocycles. The van der Waals surface area contributed by atoms with Gasteiger partial charge in [-0.3, -0.25) is 0 Å². The van der Waals surface area contributed by atoms with Gasteiger partial charge in [-0.15, -0.1) is 0 Å². The molecule has 3 heteroatoms. The summed E-state index contributed by atoms with van der Waals surface area (Å²) in [4.78, 5) is 0. The second kappa shape index (κ2) is 7.53. The van der Waals surface area contributed by atoms with Crippen LogP contribution in [0.5, 0.6) is 0 Å². The molecule has 0 rings (SSSR count). The monoisotopic (exact) mass is 175 g/mol. The van der Waals surface area contributed by atoms with Gasteiger partial charge in [-0.1, -0.05) is 0 Å². The Balaban J connectivity index is 3.43. The zero-order valence-electron chi connectivity index (χ0n) is 8.59. The summed E-state index contributed by atoms with van der Waals surface area (Å²) in [5.74, 6) is 0. The molecule has 12 heavy (non-hydrogen) atoms. The van der Waals surface area contributed by atoms with Gasteiger partial charge in [-0.2, -0.15) is 0 Å². The lowest BCUT2D eigenvalue weighted by atomic mass is 10.1. The molecule has 0 aliphatic rings. The Labute approximate surface area is 75.4 Å². The summed E-state index contributed by atoms with van der Waals surface area (Å²) in [5, 5.41) is 3.20. The number of likely N-dealkylation sites (N-methyl/N-ethyl adjacent to an activating group) is 1. The molecule has 0 aromatic rings. The molecule has 1 N–H and O–H groups in total. The molecule has 2 atom stereocenters. The highest BCUT2D eigenvalue weighted by Crippen LogP contribution is 2.03. The predicted molar refractivity (Wildman–Crippen MR) is 50.4 cm³/mol. The van der Waals surface area contributed by atoms with Crippen LogP contribution in [0, 0.1) is 0 Å². The second-order valence-corrected chi connectivity index (χ2v) is 3.06. The first-order chi connectivity index (χ1) is 5.74. The number of rotatable bonds is 7. The summed E-state index contributed by atoms with van der Waals surface area (Å²) >= 11 is 0. The maximum atomic E-state index is 5.15. The smallest absolute Gasteiger partial charge is 0.0615 e. The fourth-order valence-electron chi connectivity index (χ4n) is 1.07. The fraction of sp³-hybridized carbons (Fsp3) is 1.00. The van der Waals surface area contributed by atoms with E-state index in [1.807, 2.05) is 7.05 Å². The van der Waals surface area contributed by atoms with E-state index in [0.717, 1.165) is 19.4 Å². The highest BCUT2D eigenvalue weighted by atomic mass is 16.5. The zero-order chi connectivity index (χ0) is 9.40. The van der Waals surface area contributed by atoms with Crippen molar-refractivity contribution in [2.75, 3.05) is 27.9 Å². The van der Waals surface area contributed by atoms with Gasteiger partial charge in [0.25, 0.3) is 0 Å². The molecular formula is C9H21NO2. The molecule has 0 spiro atoms. The Bertz CT molecular complexity index is 98.5. The average Bonchev–Trinajstić information content (AvgIpc) is 2.11. The summed E-state index contributed by atoms with van der Waals surface area (Å²) in [6.45, 7) is 2.85. The predicted octanol–water partition coefficient (Wildman–Crippen LogP) is 1.04. The molecule has 0 fully saturated rings. The van der Waals surface area contributed by atoms with Gasteiger partial charge in [0.2, 0.25) is 0 Å². The van der Waals surface area contributed by atoms with E-state index in [4.69, 9.17) is 9.47 Å². The van der Waals surface area contributed by atoms with Crippen LogP contribution < -0.4 is 5.32 Å². The van der Waals surface area contributed by atoms with Gasteiger partial charge in [-0.05, 0) is 26.8 Å². The third-order valence-electron chi connectivity index (χ3n) is 2.10. The minimum absolute atomic E-state index is 0.345. The maximum absolute atomic E-state index is 5.15. The van der Waals surface area contributed by atoms with Crippen LogP contribution in [0.15, 0.2) is 0 Å². The van der Waals surface area contributed by atoms with Gasteiger partial charge in [0, 0.05) is 20.3 Å². The SMILES string of the molecule is CNC(CCC(C)OC)COC. The molecule has 0 heterocycles. The van der Waals surface area contributed by atoms with Crippen molar-refractivity contribution in [2.24, 2.45) is 0 Å². The third-order valence-corrected chi connectivity index (χ3v) is 2.10. The first-order valence-electron chi connectivity index (χ1n) is 4.43. The van der Waals surface area contributed by atoms with Crippen molar-refractivity contribution >= 4 is 0 Å². The molecule has 0 saturated heterocycles. The summed E-state index contributed by atoms with van der Waals surface area (Å²) in [5.41, 5.74) is 0. The molecule has 0 aliphatic carbocycles. The minimum Gasteiger partial charge on any atom is -0.383 e. The lowest BCUT2D eigenvalue weighted by molar-refractivity contribution is 0.0984. The molecule has 0 radical (unpaired) electrons. The van der Waals surface area contributed by atoms with Crippen LogP contribution in [0.2, 0.25) is 0 Å². The quantitative estimate of drug-likeness (QED) is 0.627.